The molecule has 20 heavy (non-hydrogen) atoms. The van der Waals surface area contributed by atoms with Gasteiger partial charge in [-0.15, -0.1) is 0 Å². The van der Waals surface area contributed by atoms with Gasteiger partial charge in [-0.3, -0.25) is 4.72 Å². The maximum absolute atomic E-state index is 13.2. The minimum absolute atomic E-state index is 0.00477. The Kier molecular flexibility index (Phi) is 4.03. The van der Waals surface area contributed by atoms with Crippen molar-refractivity contribution in [3.8, 4) is 0 Å². The number of anilines is 2. The van der Waals surface area contributed by atoms with Gasteiger partial charge in [0.15, 0.2) is 0 Å². The van der Waals surface area contributed by atoms with Gasteiger partial charge in [-0.05, 0) is 24.3 Å². The van der Waals surface area contributed by atoms with Gasteiger partial charge in [-0.2, -0.15) is 0 Å². The van der Waals surface area contributed by atoms with Gasteiger partial charge >= 0.3 is 0 Å². The SMILES string of the molecule is Nc1ncc(S(=O)(=O)Nc2cc(F)cc(Cl)c2)cc1Cl. The third-order valence-electron chi connectivity index (χ3n) is 2.27. The molecule has 2 aromatic rings. The van der Waals surface area contributed by atoms with Crippen LogP contribution in [0.3, 0.4) is 0 Å². The van der Waals surface area contributed by atoms with Crippen LogP contribution in [0.25, 0.3) is 0 Å². The molecule has 3 N–H and O–H groups in total. The second-order valence-corrected chi connectivity index (χ2v) is 6.33. The lowest BCUT2D eigenvalue weighted by Gasteiger charge is -2.09. The molecule has 0 radical (unpaired) electrons. The van der Waals surface area contributed by atoms with Gasteiger partial charge in [0.05, 0.1) is 10.7 Å². The molecule has 0 bridgehead atoms. The standard InChI is InChI=1S/C11H8Cl2FN3O2S/c12-6-1-7(14)3-8(2-6)17-20(18,19)9-4-10(13)11(15)16-5-9/h1-5,17H,(H2,15,16). The number of rotatable bonds is 3. The van der Waals surface area contributed by atoms with E-state index in [9.17, 15) is 12.8 Å². The molecule has 0 aliphatic heterocycles. The van der Waals surface area contributed by atoms with Crippen molar-refractivity contribution in [1.82, 2.24) is 4.98 Å². The average molecular weight is 336 g/mol. The first-order chi connectivity index (χ1) is 9.28. The molecular formula is C11H8Cl2FN3O2S. The van der Waals surface area contributed by atoms with Crippen LogP contribution in [0.1, 0.15) is 0 Å². The Morgan fingerprint density at radius 1 is 1.20 bits per heavy atom. The molecule has 0 unspecified atom stereocenters. The number of aromatic nitrogens is 1. The van der Waals surface area contributed by atoms with E-state index in [0.717, 1.165) is 24.4 Å². The van der Waals surface area contributed by atoms with Gasteiger partial charge in [0.1, 0.15) is 16.5 Å². The predicted molar refractivity (Wildman–Crippen MR) is 75.9 cm³/mol. The largest absolute Gasteiger partial charge is 0.382 e. The fourth-order valence-corrected chi connectivity index (χ4v) is 2.87. The van der Waals surface area contributed by atoms with Crippen LogP contribution in [-0.2, 0) is 10.0 Å². The van der Waals surface area contributed by atoms with Crippen molar-refractivity contribution < 1.29 is 12.8 Å². The number of halogens is 3. The Morgan fingerprint density at radius 2 is 1.90 bits per heavy atom. The lowest BCUT2D eigenvalue weighted by molar-refractivity contribution is 0.600. The third kappa shape index (κ3) is 3.30. The Bertz CT molecular complexity index is 748. The fourth-order valence-electron chi connectivity index (χ4n) is 1.40. The van der Waals surface area contributed by atoms with E-state index in [1.54, 1.807) is 0 Å². The smallest absolute Gasteiger partial charge is 0.263 e. The fraction of sp³-hybridized carbons (Fsp3) is 0. The van der Waals surface area contributed by atoms with Crippen LogP contribution in [0.4, 0.5) is 15.9 Å². The Hall–Kier alpha value is -1.57. The normalized spacial score (nSPS) is 11.3. The molecule has 2 rings (SSSR count). The van der Waals surface area contributed by atoms with Crippen molar-refractivity contribution in [2.75, 3.05) is 10.5 Å². The van der Waals surface area contributed by atoms with Crippen LogP contribution in [0, 0.1) is 5.82 Å². The first-order valence-corrected chi connectivity index (χ1v) is 7.42. The van der Waals surface area contributed by atoms with E-state index in [-0.39, 0.29) is 26.4 Å². The molecular weight excluding hydrogens is 328 g/mol. The molecule has 1 heterocycles. The summed E-state index contributed by atoms with van der Waals surface area (Å²) in [7, 11) is -3.96. The second kappa shape index (κ2) is 5.43. The zero-order chi connectivity index (χ0) is 14.9. The molecule has 9 heteroatoms. The molecule has 0 aliphatic rings. The van der Waals surface area contributed by atoms with E-state index in [2.05, 4.69) is 9.71 Å². The van der Waals surface area contributed by atoms with Crippen molar-refractivity contribution in [2.45, 2.75) is 4.90 Å². The maximum atomic E-state index is 13.2. The van der Waals surface area contributed by atoms with E-state index < -0.39 is 15.8 Å². The summed E-state index contributed by atoms with van der Waals surface area (Å²) < 4.78 is 39.5. The highest BCUT2D eigenvalue weighted by Gasteiger charge is 2.17. The van der Waals surface area contributed by atoms with Crippen molar-refractivity contribution in [3.05, 3.63) is 46.3 Å². The Balaban J connectivity index is 2.37. The zero-order valence-corrected chi connectivity index (χ0v) is 12.1. The Morgan fingerprint density at radius 3 is 2.50 bits per heavy atom. The van der Waals surface area contributed by atoms with Crippen LogP contribution < -0.4 is 10.5 Å². The third-order valence-corrected chi connectivity index (χ3v) is 4.14. The number of benzene rings is 1. The first-order valence-electron chi connectivity index (χ1n) is 5.18. The predicted octanol–water partition coefficient (Wildman–Crippen LogP) is 2.91. The van der Waals surface area contributed by atoms with Crippen LogP contribution in [0.15, 0.2) is 35.4 Å². The van der Waals surface area contributed by atoms with Crippen molar-refractivity contribution in [1.29, 1.82) is 0 Å². The molecule has 1 aromatic heterocycles. The number of nitrogens with zero attached hydrogens (tertiary/aromatic N) is 1. The summed E-state index contributed by atoms with van der Waals surface area (Å²) in [6.45, 7) is 0. The first kappa shape index (κ1) is 14.8. The average Bonchev–Trinajstić information content (AvgIpc) is 2.30. The van der Waals surface area contributed by atoms with E-state index in [1.807, 2.05) is 0 Å². The van der Waals surface area contributed by atoms with E-state index in [0.29, 0.717) is 0 Å². The lowest BCUT2D eigenvalue weighted by atomic mass is 10.3. The van der Waals surface area contributed by atoms with Gasteiger partial charge in [0.2, 0.25) is 0 Å². The molecule has 0 saturated heterocycles. The summed E-state index contributed by atoms with van der Waals surface area (Å²) in [4.78, 5) is 3.45. The number of nitrogen functional groups attached to an aromatic ring is 1. The molecule has 0 atom stereocenters. The van der Waals surface area contributed by atoms with Gasteiger partial charge in [0, 0.05) is 11.2 Å². The minimum Gasteiger partial charge on any atom is -0.382 e. The van der Waals surface area contributed by atoms with Crippen LogP contribution >= 0.6 is 23.2 Å². The summed E-state index contributed by atoms with van der Waals surface area (Å²) >= 11 is 11.4. The van der Waals surface area contributed by atoms with Crippen LogP contribution in [0.5, 0.6) is 0 Å². The molecule has 0 amide bonds. The highest BCUT2D eigenvalue weighted by molar-refractivity contribution is 7.92. The molecule has 1 aromatic carbocycles. The van der Waals surface area contributed by atoms with Gasteiger partial charge in [-0.25, -0.2) is 17.8 Å². The molecule has 0 saturated carbocycles. The second-order valence-electron chi connectivity index (χ2n) is 3.80. The minimum atomic E-state index is -3.96. The summed E-state index contributed by atoms with van der Waals surface area (Å²) in [6, 6.07) is 4.47. The highest BCUT2D eigenvalue weighted by Crippen LogP contribution is 2.24. The van der Waals surface area contributed by atoms with E-state index >= 15 is 0 Å². The molecule has 0 spiro atoms. The molecule has 0 fully saturated rings. The number of nitrogens with one attached hydrogen (secondary N) is 1. The summed E-state index contributed by atoms with van der Waals surface area (Å²) in [5, 5.41) is 0.0707. The topological polar surface area (TPSA) is 85.1 Å². The summed E-state index contributed by atoms with van der Waals surface area (Å²) in [5.41, 5.74) is 5.39. The van der Waals surface area contributed by atoms with Gasteiger partial charge < -0.3 is 5.73 Å². The number of hydrogen-bond donors (Lipinski definition) is 2. The Labute approximate surface area is 124 Å². The lowest BCUT2D eigenvalue weighted by Crippen LogP contribution is -2.13. The number of nitrogens with two attached hydrogens (primary N) is 1. The summed E-state index contributed by atoms with van der Waals surface area (Å²) in [5.74, 6) is -0.650. The monoisotopic (exact) mass is 335 g/mol. The van der Waals surface area contributed by atoms with Crippen molar-refractivity contribution >= 4 is 44.7 Å². The number of pyridine rings is 1. The highest BCUT2D eigenvalue weighted by atomic mass is 35.5. The van der Waals surface area contributed by atoms with Crippen molar-refractivity contribution in [2.24, 2.45) is 0 Å². The molecule has 106 valence electrons. The number of sulfonamides is 1. The van der Waals surface area contributed by atoms with E-state index in [4.69, 9.17) is 28.9 Å². The quantitative estimate of drug-likeness (QED) is 0.902. The number of hydrogen-bond acceptors (Lipinski definition) is 4. The van der Waals surface area contributed by atoms with Crippen LogP contribution in [-0.4, -0.2) is 13.4 Å². The van der Waals surface area contributed by atoms with Gasteiger partial charge in [-0.1, -0.05) is 23.2 Å². The zero-order valence-electron chi connectivity index (χ0n) is 9.77. The van der Waals surface area contributed by atoms with Crippen LogP contribution in [0.2, 0.25) is 10.0 Å². The molecule has 0 aliphatic carbocycles. The van der Waals surface area contributed by atoms with Gasteiger partial charge in [0.25, 0.3) is 10.0 Å². The van der Waals surface area contributed by atoms with Crippen molar-refractivity contribution in [3.63, 3.8) is 0 Å². The maximum Gasteiger partial charge on any atom is 0.263 e. The molecule has 5 nitrogen and oxygen atoms in total. The van der Waals surface area contributed by atoms with E-state index in [1.165, 1.54) is 6.07 Å². The summed E-state index contributed by atoms with van der Waals surface area (Å²) in [6.07, 6.45) is 1.05.